The van der Waals surface area contributed by atoms with Crippen LogP contribution in [0.1, 0.15) is 43.6 Å². The van der Waals surface area contributed by atoms with E-state index in [1.807, 2.05) is 0 Å². The van der Waals surface area contributed by atoms with Crippen molar-refractivity contribution in [3.05, 3.63) is 34.3 Å². The van der Waals surface area contributed by atoms with E-state index in [-0.39, 0.29) is 0 Å². The number of nitrogens with one attached hydrogen (secondary N) is 1. The van der Waals surface area contributed by atoms with Crippen LogP contribution in [0.4, 0.5) is 0 Å². The van der Waals surface area contributed by atoms with Crippen LogP contribution >= 0.6 is 15.9 Å². The Morgan fingerprint density at radius 2 is 2.00 bits per heavy atom. The Balaban J connectivity index is 1.68. The fraction of sp³-hybridized carbons (Fsp3) is 0.647. The number of fused-ring (bicyclic) bond motifs is 2. The third-order valence-electron chi connectivity index (χ3n) is 5.26. The maximum absolute atomic E-state index is 3.53. The van der Waals surface area contributed by atoms with Gasteiger partial charge in [-0.2, -0.15) is 0 Å². The number of likely N-dealkylation sites (N-methyl/N-ethyl adjacent to an activating group) is 1. The maximum Gasteiger partial charge on any atom is 0.0175 e. The smallest absolute Gasteiger partial charge is 0.0175 e. The molecule has 2 heteroatoms. The molecule has 2 bridgehead atoms. The highest BCUT2D eigenvalue weighted by Crippen LogP contribution is 2.51. The molecule has 104 valence electrons. The van der Waals surface area contributed by atoms with Gasteiger partial charge in [-0.1, -0.05) is 34.5 Å². The molecule has 0 radical (unpaired) electrons. The van der Waals surface area contributed by atoms with Gasteiger partial charge >= 0.3 is 0 Å². The lowest BCUT2D eigenvalue weighted by atomic mass is 9.80. The van der Waals surface area contributed by atoms with Crippen LogP contribution in [0.15, 0.2) is 28.7 Å². The molecule has 0 amide bonds. The van der Waals surface area contributed by atoms with Gasteiger partial charge in [-0.05, 0) is 74.1 Å². The van der Waals surface area contributed by atoms with E-state index in [1.165, 1.54) is 42.1 Å². The Kier molecular flexibility index (Phi) is 4.28. The molecular weight excluding hydrogens is 298 g/mol. The molecule has 19 heavy (non-hydrogen) atoms. The first-order valence-electron chi connectivity index (χ1n) is 7.66. The first-order chi connectivity index (χ1) is 9.26. The first-order valence-corrected chi connectivity index (χ1v) is 8.45. The molecule has 0 saturated heterocycles. The zero-order chi connectivity index (χ0) is 13.2. The van der Waals surface area contributed by atoms with E-state index in [9.17, 15) is 0 Å². The molecule has 2 saturated carbocycles. The van der Waals surface area contributed by atoms with Crippen LogP contribution in [0.3, 0.4) is 0 Å². The van der Waals surface area contributed by atoms with Gasteiger partial charge in [-0.15, -0.1) is 0 Å². The van der Waals surface area contributed by atoms with Crippen molar-refractivity contribution in [2.24, 2.45) is 17.8 Å². The molecule has 2 aliphatic rings. The Labute approximate surface area is 125 Å². The molecular formula is C17H24BrN. The first kappa shape index (κ1) is 13.6. The van der Waals surface area contributed by atoms with Crippen molar-refractivity contribution in [2.75, 3.05) is 13.6 Å². The zero-order valence-electron chi connectivity index (χ0n) is 11.7. The van der Waals surface area contributed by atoms with Gasteiger partial charge in [0.2, 0.25) is 0 Å². The monoisotopic (exact) mass is 321 g/mol. The second kappa shape index (κ2) is 5.97. The predicted octanol–water partition coefficient (Wildman–Crippen LogP) is 4.58. The summed E-state index contributed by atoms with van der Waals surface area (Å²) >= 11 is 3.53. The highest BCUT2D eigenvalue weighted by atomic mass is 79.9. The summed E-state index contributed by atoms with van der Waals surface area (Å²) in [6.07, 6.45) is 7.42. The molecule has 4 unspecified atom stereocenters. The van der Waals surface area contributed by atoms with Crippen molar-refractivity contribution in [2.45, 2.75) is 38.0 Å². The molecule has 0 spiro atoms. The Morgan fingerprint density at radius 3 is 2.58 bits per heavy atom. The number of hydrogen-bond donors (Lipinski definition) is 1. The summed E-state index contributed by atoms with van der Waals surface area (Å²) in [6, 6.07) is 8.94. The minimum atomic E-state index is 0.683. The molecule has 2 aliphatic carbocycles. The van der Waals surface area contributed by atoms with Crippen LogP contribution in [-0.2, 0) is 0 Å². The van der Waals surface area contributed by atoms with E-state index in [0.717, 1.165) is 24.3 Å². The van der Waals surface area contributed by atoms with Gasteiger partial charge in [0, 0.05) is 11.0 Å². The summed E-state index contributed by atoms with van der Waals surface area (Å²) < 4.78 is 1.18. The van der Waals surface area contributed by atoms with Crippen molar-refractivity contribution in [3.8, 4) is 0 Å². The van der Waals surface area contributed by atoms with Gasteiger partial charge < -0.3 is 5.32 Å². The average molecular weight is 322 g/mol. The third-order valence-corrected chi connectivity index (χ3v) is 5.79. The van der Waals surface area contributed by atoms with Crippen LogP contribution < -0.4 is 5.32 Å². The van der Waals surface area contributed by atoms with E-state index < -0.39 is 0 Å². The summed E-state index contributed by atoms with van der Waals surface area (Å²) in [7, 11) is 2.08. The van der Waals surface area contributed by atoms with Gasteiger partial charge in [0.1, 0.15) is 0 Å². The Bertz CT molecular complexity index is 414. The van der Waals surface area contributed by atoms with E-state index in [0.29, 0.717) is 5.92 Å². The molecule has 1 aromatic carbocycles. The van der Waals surface area contributed by atoms with Crippen molar-refractivity contribution >= 4 is 15.9 Å². The summed E-state index contributed by atoms with van der Waals surface area (Å²) in [5.74, 6) is 3.78. The van der Waals surface area contributed by atoms with Gasteiger partial charge in [0.05, 0.1) is 0 Å². The van der Waals surface area contributed by atoms with Crippen LogP contribution in [0.5, 0.6) is 0 Å². The molecule has 1 aromatic rings. The highest BCUT2D eigenvalue weighted by molar-refractivity contribution is 9.10. The number of hydrogen-bond acceptors (Lipinski definition) is 1. The van der Waals surface area contributed by atoms with Gasteiger partial charge in [-0.25, -0.2) is 0 Å². The van der Waals surface area contributed by atoms with Crippen molar-refractivity contribution in [1.82, 2.24) is 5.32 Å². The zero-order valence-corrected chi connectivity index (χ0v) is 13.3. The van der Waals surface area contributed by atoms with E-state index in [1.54, 1.807) is 0 Å². The second-order valence-electron chi connectivity index (χ2n) is 6.48. The highest BCUT2D eigenvalue weighted by Gasteiger charge is 2.40. The summed E-state index contributed by atoms with van der Waals surface area (Å²) in [5.41, 5.74) is 1.50. The third kappa shape index (κ3) is 3.05. The van der Waals surface area contributed by atoms with Crippen molar-refractivity contribution in [3.63, 3.8) is 0 Å². The predicted molar refractivity (Wildman–Crippen MR) is 84.4 cm³/mol. The summed E-state index contributed by atoms with van der Waals surface area (Å²) in [4.78, 5) is 0. The van der Waals surface area contributed by atoms with Crippen molar-refractivity contribution in [1.29, 1.82) is 0 Å². The Morgan fingerprint density at radius 1 is 1.21 bits per heavy atom. The standard InChI is InChI=1S/C17H24BrN/c1-19-11-16(13-4-6-17(18)7-5-13)10-15-9-12-2-3-14(15)8-12/h4-7,12,14-16,19H,2-3,8-11H2,1H3. The number of benzene rings is 1. The summed E-state index contributed by atoms with van der Waals surface area (Å²) in [6.45, 7) is 1.11. The molecule has 0 aliphatic heterocycles. The molecule has 0 aromatic heterocycles. The topological polar surface area (TPSA) is 12.0 Å². The van der Waals surface area contributed by atoms with Crippen LogP contribution in [0.25, 0.3) is 0 Å². The largest absolute Gasteiger partial charge is 0.319 e. The fourth-order valence-electron chi connectivity index (χ4n) is 4.35. The quantitative estimate of drug-likeness (QED) is 0.837. The van der Waals surface area contributed by atoms with Crippen LogP contribution in [-0.4, -0.2) is 13.6 Å². The molecule has 0 heterocycles. The van der Waals surface area contributed by atoms with Gasteiger partial charge in [0.15, 0.2) is 0 Å². The lowest BCUT2D eigenvalue weighted by Crippen LogP contribution is -2.22. The van der Waals surface area contributed by atoms with Crippen LogP contribution in [0, 0.1) is 17.8 Å². The van der Waals surface area contributed by atoms with E-state index in [4.69, 9.17) is 0 Å². The second-order valence-corrected chi connectivity index (χ2v) is 7.39. The van der Waals surface area contributed by atoms with Crippen molar-refractivity contribution < 1.29 is 0 Å². The molecule has 4 atom stereocenters. The average Bonchev–Trinajstić information content (AvgIpc) is 3.01. The van der Waals surface area contributed by atoms with E-state index in [2.05, 4.69) is 52.6 Å². The van der Waals surface area contributed by atoms with E-state index >= 15 is 0 Å². The van der Waals surface area contributed by atoms with Gasteiger partial charge in [-0.3, -0.25) is 0 Å². The summed E-state index contributed by atoms with van der Waals surface area (Å²) in [5, 5.41) is 3.39. The maximum atomic E-state index is 3.53. The molecule has 1 nitrogen and oxygen atoms in total. The minimum Gasteiger partial charge on any atom is -0.319 e. The lowest BCUT2D eigenvalue weighted by molar-refractivity contribution is 0.292. The lowest BCUT2D eigenvalue weighted by Gasteiger charge is -2.27. The normalized spacial score (nSPS) is 30.7. The number of halogens is 1. The molecule has 2 fully saturated rings. The minimum absolute atomic E-state index is 0.683. The molecule has 1 N–H and O–H groups in total. The fourth-order valence-corrected chi connectivity index (χ4v) is 4.61. The SMILES string of the molecule is CNCC(CC1CC2CCC1C2)c1ccc(Br)cc1. The van der Waals surface area contributed by atoms with Crippen LogP contribution in [0.2, 0.25) is 0 Å². The number of rotatable bonds is 5. The van der Waals surface area contributed by atoms with Gasteiger partial charge in [0.25, 0.3) is 0 Å². The Hall–Kier alpha value is -0.340. The molecule has 3 rings (SSSR count).